The van der Waals surface area contributed by atoms with E-state index in [1.807, 2.05) is 11.9 Å². The molecule has 1 atom stereocenters. The van der Waals surface area contributed by atoms with Gasteiger partial charge in [-0.3, -0.25) is 4.90 Å². The van der Waals surface area contributed by atoms with Gasteiger partial charge in [-0.05, 0) is 6.92 Å². The maximum absolute atomic E-state index is 11.7. The second-order valence-electron chi connectivity index (χ2n) is 4.69. The number of nitrogens with zero attached hydrogens (tertiary/aromatic N) is 3. The minimum absolute atomic E-state index is 0.0719. The molecule has 0 aromatic carbocycles. The van der Waals surface area contributed by atoms with Crippen molar-refractivity contribution in [3.8, 4) is 0 Å². The fraction of sp³-hybridized carbons (Fsp3) is 0.909. The van der Waals surface area contributed by atoms with E-state index in [-0.39, 0.29) is 12.1 Å². The van der Waals surface area contributed by atoms with E-state index < -0.39 is 0 Å². The summed E-state index contributed by atoms with van der Waals surface area (Å²) in [6.45, 7) is 7.32. The number of nitrogens with one attached hydrogen (secondary N) is 1. The smallest absolute Gasteiger partial charge is 0.319 e. The number of piperazine rings is 1. The Kier molecular flexibility index (Phi) is 5.02. The average molecular weight is 228 g/mol. The Labute approximate surface area is 98.4 Å². The standard InChI is InChI=1S/C11H24N4O/c1-10(14(4)11(16)13(2)3)9-15-7-5-12-6-8-15/h10,12H,5-9H2,1-4H3. The van der Waals surface area contributed by atoms with Gasteiger partial charge < -0.3 is 15.1 Å². The molecule has 1 heterocycles. The van der Waals surface area contributed by atoms with Gasteiger partial charge in [-0.25, -0.2) is 4.79 Å². The van der Waals surface area contributed by atoms with Crippen LogP contribution in [0.5, 0.6) is 0 Å². The number of likely N-dealkylation sites (N-methyl/N-ethyl adjacent to an activating group) is 1. The largest absolute Gasteiger partial charge is 0.331 e. The molecule has 0 aromatic rings. The Morgan fingerprint density at radius 3 is 2.38 bits per heavy atom. The number of carbonyl (C=O) groups excluding carboxylic acids is 1. The lowest BCUT2D eigenvalue weighted by atomic mass is 10.2. The van der Waals surface area contributed by atoms with E-state index >= 15 is 0 Å². The zero-order valence-corrected chi connectivity index (χ0v) is 10.9. The Morgan fingerprint density at radius 1 is 1.31 bits per heavy atom. The lowest BCUT2D eigenvalue weighted by Crippen LogP contribution is -2.51. The van der Waals surface area contributed by atoms with Gasteiger partial charge >= 0.3 is 6.03 Å². The van der Waals surface area contributed by atoms with Crippen LogP contribution in [0.15, 0.2) is 0 Å². The third-order valence-electron chi connectivity index (χ3n) is 3.08. The highest BCUT2D eigenvalue weighted by Crippen LogP contribution is 2.03. The molecular formula is C11H24N4O. The van der Waals surface area contributed by atoms with Crippen LogP contribution in [0, 0.1) is 0 Å². The van der Waals surface area contributed by atoms with Crippen molar-refractivity contribution in [1.82, 2.24) is 20.0 Å². The van der Waals surface area contributed by atoms with Gasteiger partial charge in [0.05, 0.1) is 0 Å². The van der Waals surface area contributed by atoms with E-state index in [0.717, 1.165) is 32.7 Å². The predicted octanol–water partition coefficient (Wildman–Crippen LogP) is -0.106. The number of rotatable bonds is 3. The minimum Gasteiger partial charge on any atom is -0.331 e. The summed E-state index contributed by atoms with van der Waals surface area (Å²) in [5.41, 5.74) is 0. The van der Waals surface area contributed by atoms with Crippen molar-refractivity contribution in [2.45, 2.75) is 13.0 Å². The van der Waals surface area contributed by atoms with Crippen LogP contribution in [0.4, 0.5) is 4.79 Å². The normalized spacial score (nSPS) is 19.2. The molecule has 1 aliphatic rings. The summed E-state index contributed by atoms with van der Waals surface area (Å²) in [5, 5.41) is 3.33. The van der Waals surface area contributed by atoms with E-state index in [2.05, 4.69) is 17.1 Å². The molecule has 1 fully saturated rings. The van der Waals surface area contributed by atoms with Crippen LogP contribution in [0.2, 0.25) is 0 Å². The van der Waals surface area contributed by atoms with Crippen LogP contribution in [0.1, 0.15) is 6.92 Å². The molecule has 0 saturated carbocycles. The highest BCUT2D eigenvalue weighted by molar-refractivity contribution is 5.73. The monoisotopic (exact) mass is 228 g/mol. The van der Waals surface area contributed by atoms with Gasteiger partial charge in [-0.15, -0.1) is 0 Å². The topological polar surface area (TPSA) is 38.8 Å². The summed E-state index contributed by atoms with van der Waals surface area (Å²) in [5.74, 6) is 0. The molecule has 0 spiro atoms. The highest BCUT2D eigenvalue weighted by Gasteiger charge is 2.20. The van der Waals surface area contributed by atoms with Crippen LogP contribution in [0.3, 0.4) is 0 Å². The van der Waals surface area contributed by atoms with Crippen molar-refractivity contribution in [3.05, 3.63) is 0 Å². The molecule has 5 heteroatoms. The Bertz CT molecular complexity index is 226. The summed E-state index contributed by atoms with van der Waals surface area (Å²) in [4.78, 5) is 17.6. The van der Waals surface area contributed by atoms with E-state index in [0.29, 0.717) is 0 Å². The summed E-state index contributed by atoms with van der Waals surface area (Å²) < 4.78 is 0. The van der Waals surface area contributed by atoms with Gasteiger partial charge in [0.25, 0.3) is 0 Å². The van der Waals surface area contributed by atoms with E-state index in [9.17, 15) is 4.79 Å². The van der Waals surface area contributed by atoms with Crippen LogP contribution in [-0.2, 0) is 0 Å². The Morgan fingerprint density at radius 2 is 1.88 bits per heavy atom. The molecule has 0 aliphatic carbocycles. The van der Waals surface area contributed by atoms with Gasteiger partial charge in [0, 0.05) is 59.9 Å². The molecule has 2 amide bonds. The number of carbonyl (C=O) groups is 1. The predicted molar refractivity (Wildman–Crippen MR) is 65.6 cm³/mol. The van der Waals surface area contributed by atoms with Gasteiger partial charge in [0.1, 0.15) is 0 Å². The van der Waals surface area contributed by atoms with Crippen molar-refractivity contribution in [1.29, 1.82) is 0 Å². The minimum atomic E-state index is 0.0719. The van der Waals surface area contributed by atoms with Gasteiger partial charge in [-0.2, -0.15) is 0 Å². The molecule has 1 N–H and O–H groups in total. The summed E-state index contributed by atoms with van der Waals surface area (Å²) in [6, 6.07) is 0.329. The third kappa shape index (κ3) is 3.64. The molecule has 1 unspecified atom stereocenters. The number of hydrogen-bond donors (Lipinski definition) is 1. The van der Waals surface area contributed by atoms with Gasteiger partial charge in [0.15, 0.2) is 0 Å². The fourth-order valence-corrected chi connectivity index (χ4v) is 1.89. The van der Waals surface area contributed by atoms with Crippen molar-refractivity contribution >= 4 is 6.03 Å². The number of hydrogen-bond acceptors (Lipinski definition) is 3. The quantitative estimate of drug-likeness (QED) is 0.733. The van der Waals surface area contributed by atoms with Crippen LogP contribution >= 0.6 is 0 Å². The maximum atomic E-state index is 11.7. The van der Waals surface area contributed by atoms with E-state index in [4.69, 9.17) is 0 Å². The first-order chi connectivity index (χ1) is 7.52. The summed E-state index contributed by atoms with van der Waals surface area (Å²) in [7, 11) is 5.45. The molecule has 1 rings (SSSR count). The number of amides is 2. The maximum Gasteiger partial charge on any atom is 0.319 e. The zero-order valence-electron chi connectivity index (χ0n) is 10.9. The Hall–Kier alpha value is -0.810. The van der Waals surface area contributed by atoms with Crippen LogP contribution in [-0.4, -0.2) is 80.6 Å². The second-order valence-corrected chi connectivity index (χ2v) is 4.69. The van der Waals surface area contributed by atoms with E-state index in [1.54, 1.807) is 19.0 Å². The van der Waals surface area contributed by atoms with E-state index in [1.165, 1.54) is 0 Å². The highest BCUT2D eigenvalue weighted by atomic mass is 16.2. The first kappa shape index (κ1) is 13.3. The van der Waals surface area contributed by atoms with Crippen molar-refractivity contribution in [2.24, 2.45) is 0 Å². The first-order valence-corrected chi connectivity index (χ1v) is 5.89. The molecule has 0 radical (unpaired) electrons. The van der Waals surface area contributed by atoms with Gasteiger partial charge in [0.2, 0.25) is 0 Å². The zero-order chi connectivity index (χ0) is 12.1. The average Bonchev–Trinajstić information content (AvgIpc) is 2.28. The molecular weight excluding hydrogens is 204 g/mol. The molecule has 0 aromatic heterocycles. The fourth-order valence-electron chi connectivity index (χ4n) is 1.89. The molecule has 1 saturated heterocycles. The molecule has 16 heavy (non-hydrogen) atoms. The molecule has 94 valence electrons. The van der Waals surface area contributed by atoms with Gasteiger partial charge in [-0.1, -0.05) is 0 Å². The lowest BCUT2D eigenvalue weighted by Gasteiger charge is -2.34. The van der Waals surface area contributed by atoms with Crippen molar-refractivity contribution in [2.75, 3.05) is 53.9 Å². The summed E-state index contributed by atoms with van der Waals surface area (Å²) in [6.07, 6.45) is 0. The van der Waals surface area contributed by atoms with Crippen LogP contribution in [0.25, 0.3) is 0 Å². The third-order valence-corrected chi connectivity index (χ3v) is 3.08. The Balaban J connectivity index is 2.38. The second kappa shape index (κ2) is 6.06. The lowest BCUT2D eigenvalue weighted by molar-refractivity contribution is 0.141. The molecule has 5 nitrogen and oxygen atoms in total. The molecule has 1 aliphatic heterocycles. The SMILES string of the molecule is CC(CN1CCNCC1)N(C)C(=O)N(C)C. The van der Waals surface area contributed by atoms with Crippen LogP contribution < -0.4 is 5.32 Å². The number of urea groups is 1. The first-order valence-electron chi connectivity index (χ1n) is 5.89. The van der Waals surface area contributed by atoms with Crippen molar-refractivity contribution in [3.63, 3.8) is 0 Å². The van der Waals surface area contributed by atoms with Crippen molar-refractivity contribution < 1.29 is 4.79 Å². The molecule has 0 bridgehead atoms. The summed E-state index contributed by atoms with van der Waals surface area (Å²) >= 11 is 0.